The minimum atomic E-state index is 0.870. The summed E-state index contributed by atoms with van der Waals surface area (Å²) in [5.41, 5.74) is 12.0. The average molecular weight is 210 g/mol. The van der Waals surface area contributed by atoms with Gasteiger partial charge in [-0.2, -0.15) is 0 Å². The maximum Gasteiger partial charge on any atom is 0.0226 e. The van der Waals surface area contributed by atoms with Crippen molar-refractivity contribution in [2.75, 3.05) is 0 Å². The van der Waals surface area contributed by atoms with Gasteiger partial charge in [-0.25, -0.2) is 0 Å². The van der Waals surface area contributed by atoms with Gasteiger partial charge in [-0.3, -0.25) is 0 Å². The van der Waals surface area contributed by atoms with Crippen molar-refractivity contribution in [2.45, 2.75) is 27.2 Å². The molecule has 1 aliphatic rings. The SMILES string of the molecule is C=C=C1C=C(C)C(=C=C)/C(=C(C)/C=C\C)C1. The molecular formula is C16H18. The molecule has 0 saturated carbocycles. The first-order valence-electron chi connectivity index (χ1n) is 5.44. The van der Waals surface area contributed by atoms with Crippen molar-refractivity contribution >= 4 is 0 Å². The van der Waals surface area contributed by atoms with E-state index in [4.69, 9.17) is 0 Å². The van der Waals surface area contributed by atoms with Crippen LogP contribution in [0.1, 0.15) is 27.2 Å². The second kappa shape index (κ2) is 5.37. The van der Waals surface area contributed by atoms with Crippen molar-refractivity contribution < 1.29 is 0 Å². The summed E-state index contributed by atoms with van der Waals surface area (Å²) in [4.78, 5) is 0. The Labute approximate surface area is 98.4 Å². The molecule has 0 aromatic heterocycles. The van der Waals surface area contributed by atoms with E-state index in [1.54, 1.807) is 0 Å². The van der Waals surface area contributed by atoms with Crippen molar-refractivity contribution in [2.24, 2.45) is 0 Å². The zero-order valence-corrected chi connectivity index (χ0v) is 10.4. The molecule has 16 heavy (non-hydrogen) atoms. The monoisotopic (exact) mass is 210 g/mol. The highest BCUT2D eigenvalue weighted by Crippen LogP contribution is 2.33. The van der Waals surface area contributed by atoms with Gasteiger partial charge in [0.2, 0.25) is 0 Å². The largest absolute Gasteiger partial charge is 0.125 e. The van der Waals surface area contributed by atoms with Crippen LogP contribution in [0.25, 0.3) is 0 Å². The van der Waals surface area contributed by atoms with Gasteiger partial charge >= 0.3 is 0 Å². The van der Waals surface area contributed by atoms with E-state index in [1.807, 2.05) is 13.0 Å². The Balaban J connectivity index is 3.42. The lowest BCUT2D eigenvalue weighted by atomic mass is 9.84. The van der Waals surface area contributed by atoms with Gasteiger partial charge in [0.15, 0.2) is 0 Å². The normalized spacial score (nSPS) is 19.3. The third-order valence-electron chi connectivity index (χ3n) is 2.75. The summed E-state index contributed by atoms with van der Waals surface area (Å²) >= 11 is 0. The van der Waals surface area contributed by atoms with Crippen LogP contribution in [-0.4, -0.2) is 0 Å². The van der Waals surface area contributed by atoms with Crippen LogP contribution in [0, 0.1) is 0 Å². The second-order valence-electron chi connectivity index (χ2n) is 3.92. The Hall–Kier alpha value is -1.74. The fourth-order valence-corrected chi connectivity index (χ4v) is 1.95. The van der Waals surface area contributed by atoms with Crippen molar-refractivity contribution in [3.63, 3.8) is 0 Å². The van der Waals surface area contributed by atoms with Gasteiger partial charge in [-0.05, 0) is 49.1 Å². The molecule has 0 amide bonds. The molecular weight excluding hydrogens is 192 g/mol. The molecule has 1 rings (SSSR count). The zero-order valence-electron chi connectivity index (χ0n) is 10.4. The molecule has 0 atom stereocenters. The van der Waals surface area contributed by atoms with E-state index in [9.17, 15) is 0 Å². The quantitative estimate of drug-likeness (QED) is 0.552. The topological polar surface area (TPSA) is 0 Å². The molecule has 1 aliphatic carbocycles. The molecule has 0 unspecified atom stereocenters. The molecule has 0 N–H and O–H groups in total. The second-order valence-corrected chi connectivity index (χ2v) is 3.92. The maximum absolute atomic E-state index is 3.77. The average Bonchev–Trinajstić information content (AvgIpc) is 2.28. The summed E-state index contributed by atoms with van der Waals surface area (Å²) in [5, 5.41) is 0. The standard InChI is InChI=1S/C16H18/c1-6-9-12(4)16-11-14(7-2)10-13(5)15(16)8-3/h6,9-10H,2-3,11H2,1,4-5H3/b9-6-,16-12+. The van der Waals surface area contributed by atoms with Crippen molar-refractivity contribution in [3.05, 3.63) is 70.7 Å². The molecule has 0 saturated heterocycles. The predicted octanol–water partition coefficient (Wildman–Crippen LogP) is 4.65. The van der Waals surface area contributed by atoms with Crippen LogP contribution in [0.5, 0.6) is 0 Å². The van der Waals surface area contributed by atoms with Crippen LogP contribution in [0.15, 0.2) is 70.7 Å². The van der Waals surface area contributed by atoms with Gasteiger partial charge < -0.3 is 0 Å². The lowest BCUT2D eigenvalue weighted by Crippen LogP contribution is -2.01. The Morgan fingerprint density at radius 3 is 2.56 bits per heavy atom. The summed E-state index contributed by atoms with van der Waals surface area (Å²) in [7, 11) is 0. The molecule has 0 aliphatic heterocycles. The lowest BCUT2D eigenvalue weighted by Gasteiger charge is -2.19. The van der Waals surface area contributed by atoms with Gasteiger partial charge in [0.05, 0.1) is 0 Å². The van der Waals surface area contributed by atoms with E-state index >= 15 is 0 Å². The van der Waals surface area contributed by atoms with E-state index in [0.717, 1.165) is 17.6 Å². The molecule has 0 nitrogen and oxygen atoms in total. The fourth-order valence-electron chi connectivity index (χ4n) is 1.95. The molecule has 0 heteroatoms. The summed E-state index contributed by atoms with van der Waals surface area (Å²) in [6.45, 7) is 13.7. The molecule has 0 aromatic rings. The fraction of sp³-hybridized carbons (Fsp3) is 0.250. The Morgan fingerprint density at radius 2 is 2.06 bits per heavy atom. The van der Waals surface area contributed by atoms with E-state index in [0.29, 0.717) is 0 Å². The zero-order chi connectivity index (χ0) is 12.1. The van der Waals surface area contributed by atoms with Gasteiger partial charge in [-0.1, -0.05) is 25.3 Å². The maximum atomic E-state index is 3.77. The summed E-state index contributed by atoms with van der Waals surface area (Å²) in [6, 6.07) is 0. The van der Waals surface area contributed by atoms with Gasteiger partial charge in [0, 0.05) is 12.0 Å². The Kier molecular flexibility index (Phi) is 4.14. The first-order chi connectivity index (χ1) is 7.63. The highest BCUT2D eigenvalue weighted by molar-refractivity contribution is 5.56. The van der Waals surface area contributed by atoms with E-state index in [-0.39, 0.29) is 0 Å². The van der Waals surface area contributed by atoms with E-state index in [2.05, 4.69) is 50.6 Å². The number of hydrogen-bond acceptors (Lipinski definition) is 0. The van der Waals surface area contributed by atoms with E-state index < -0.39 is 0 Å². The minimum absolute atomic E-state index is 0.870. The molecule has 0 fully saturated rings. The van der Waals surface area contributed by atoms with Gasteiger partial charge in [0.1, 0.15) is 0 Å². The third-order valence-corrected chi connectivity index (χ3v) is 2.75. The van der Waals surface area contributed by atoms with Gasteiger partial charge in [0.25, 0.3) is 0 Å². The van der Waals surface area contributed by atoms with Crippen LogP contribution < -0.4 is 0 Å². The van der Waals surface area contributed by atoms with Crippen LogP contribution in [0.2, 0.25) is 0 Å². The van der Waals surface area contributed by atoms with Crippen molar-refractivity contribution in [1.82, 2.24) is 0 Å². The number of hydrogen-bond donors (Lipinski definition) is 0. The summed E-state index contributed by atoms with van der Waals surface area (Å²) in [5.74, 6) is 0. The van der Waals surface area contributed by atoms with Crippen molar-refractivity contribution in [1.29, 1.82) is 0 Å². The van der Waals surface area contributed by atoms with E-state index in [1.165, 1.54) is 16.7 Å². The number of allylic oxidation sites excluding steroid dienone is 8. The lowest BCUT2D eigenvalue weighted by molar-refractivity contribution is 1.08. The Morgan fingerprint density at radius 1 is 1.38 bits per heavy atom. The third kappa shape index (κ3) is 2.44. The molecule has 0 bridgehead atoms. The predicted molar refractivity (Wildman–Crippen MR) is 71.2 cm³/mol. The molecule has 82 valence electrons. The molecule has 0 heterocycles. The molecule has 0 spiro atoms. The van der Waals surface area contributed by atoms with Gasteiger partial charge in [-0.15, -0.1) is 11.5 Å². The first-order valence-corrected chi connectivity index (χ1v) is 5.44. The van der Waals surface area contributed by atoms with Crippen LogP contribution in [0.3, 0.4) is 0 Å². The first kappa shape index (κ1) is 12.3. The molecule has 0 aromatic carbocycles. The highest BCUT2D eigenvalue weighted by Gasteiger charge is 2.16. The van der Waals surface area contributed by atoms with Crippen LogP contribution in [-0.2, 0) is 0 Å². The minimum Gasteiger partial charge on any atom is -0.125 e. The summed E-state index contributed by atoms with van der Waals surface area (Å²) in [6.07, 6.45) is 7.14. The molecule has 0 radical (unpaired) electrons. The highest BCUT2D eigenvalue weighted by atomic mass is 14.2. The van der Waals surface area contributed by atoms with Crippen LogP contribution >= 0.6 is 0 Å². The smallest absolute Gasteiger partial charge is 0.0226 e. The number of rotatable bonds is 1. The summed E-state index contributed by atoms with van der Waals surface area (Å²) < 4.78 is 0. The Bertz CT molecular complexity index is 480. The van der Waals surface area contributed by atoms with Crippen molar-refractivity contribution in [3.8, 4) is 0 Å². The van der Waals surface area contributed by atoms with Crippen LogP contribution in [0.4, 0.5) is 0 Å².